The van der Waals surface area contributed by atoms with Crippen LogP contribution in [-0.2, 0) is 11.3 Å². The van der Waals surface area contributed by atoms with Gasteiger partial charge in [0.1, 0.15) is 12.2 Å². The van der Waals surface area contributed by atoms with Gasteiger partial charge >= 0.3 is 0 Å². The maximum atomic E-state index is 13.1. The van der Waals surface area contributed by atoms with Crippen molar-refractivity contribution in [2.75, 3.05) is 18.0 Å². The monoisotopic (exact) mass is 429 g/mol. The van der Waals surface area contributed by atoms with Crippen LogP contribution in [0.4, 0.5) is 5.13 Å². The molecule has 0 bridgehead atoms. The zero-order valence-electron chi connectivity index (χ0n) is 16.1. The van der Waals surface area contributed by atoms with Crippen LogP contribution in [0.3, 0.4) is 0 Å². The number of thiophene rings is 1. The van der Waals surface area contributed by atoms with Crippen LogP contribution in [0.1, 0.15) is 38.5 Å². The summed E-state index contributed by atoms with van der Waals surface area (Å²) in [5, 5.41) is 10.5. The lowest BCUT2D eigenvalue weighted by Gasteiger charge is -2.12. The molecule has 3 aromatic heterocycles. The van der Waals surface area contributed by atoms with Crippen molar-refractivity contribution in [3.05, 3.63) is 27.9 Å². The molecule has 0 aromatic carbocycles. The number of rotatable bonds is 5. The van der Waals surface area contributed by atoms with Crippen LogP contribution in [0.2, 0.25) is 0 Å². The predicted molar refractivity (Wildman–Crippen MR) is 117 cm³/mol. The molecule has 4 heterocycles. The summed E-state index contributed by atoms with van der Waals surface area (Å²) in [4.78, 5) is 33.5. The molecule has 2 fully saturated rings. The highest BCUT2D eigenvalue weighted by molar-refractivity contribution is 7.23. The molecule has 0 atom stereocenters. The molecule has 152 valence electrons. The van der Waals surface area contributed by atoms with Crippen LogP contribution in [0.15, 0.2) is 22.3 Å². The first-order valence-corrected chi connectivity index (χ1v) is 11.9. The Labute approximate surface area is 176 Å². The molecule has 7 nitrogen and oxygen atoms in total. The van der Waals surface area contributed by atoms with Crippen molar-refractivity contribution in [3.63, 3.8) is 0 Å². The Morgan fingerprint density at radius 2 is 2.00 bits per heavy atom. The average Bonchev–Trinajstić information content (AvgIpc) is 3.50. The minimum absolute atomic E-state index is 0.0692. The molecule has 2 aliphatic rings. The molecular formula is C20H23N5O2S2. The van der Waals surface area contributed by atoms with Crippen molar-refractivity contribution < 1.29 is 4.79 Å². The lowest BCUT2D eigenvalue weighted by atomic mass is 10.2. The van der Waals surface area contributed by atoms with Gasteiger partial charge in [-0.3, -0.25) is 9.59 Å². The lowest BCUT2D eigenvalue weighted by Crippen LogP contribution is -2.38. The largest absolute Gasteiger partial charge is 0.352 e. The molecule has 1 saturated heterocycles. The normalized spacial score (nSPS) is 17.4. The number of hydrogen-bond acceptors (Lipinski definition) is 7. The number of carbonyl (C=O) groups is 1. The minimum atomic E-state index is -0.288. The third-order valence-corrected chi connectivity index (χ3v) is 7.63. The van der Waals surface area contributed by atoms with Crippen molar-refractivity contribution in [1.82, 2.24) is 20.1 Å². The van der Waals surface area contributed by atoms with Gasteiger partial charge in [0.15, 0.2) is 10.6 Å². The van der Waals surface area contributed by atoms with Crippen LogP contribution < -0.4 is 15.8 Å². The van der Waals surface area contributed by atoms with Crippen molar-refractivity contribution in [2.45, 2.75) is 51.1 Å². The Morgan fingerprint density at radius 3 is 2.72 bits per heavy atom. The molecule has 0 unspecified atom stereocenters. The number of anilines is 1. The number of nitrogens with zero attached hydrogens (tertiary/aromatic N) is 4. The molecular weight excluding hydrogens is 406 g/mol. The Morgan fingerprint density at radius 1 is 1.21 bits per heavy atom. The van der Waals surface area contributed by atoms with E-state index >= 15 is 0 Å². The number of hydrogen-bond donors (Lipinski definition) is 1. The number of nitrogens with one attached hydrogen (secondary N) is 1. The van der Waals surface area contributed by atoms with Gasteiger partial charge in [-0.05, 0) is 37.1 Å². The Hall–Kier alpha value is -2.26. The van der Waals surface area contributed by atoms with Gasteiger partial charge in [0.2, 0.25) is 5.91 Å². The number of amides is 1. The van der Waals surface area contributed by atoms with Crippen LogP contribution in [-0.4, -0.2) is 39.8 Å². The topological polar surface area (TPSA) is 80.1 Å². The lowest BCUT2D eigenvalue weighted by molar-refractivity contribution is -0.122. The van der Waals surface area contributed by atoms with E-state index < -0.39 is 0 Å². The summed E-state index contributed by atoms with van der Waals surface area (Å²) in [6, 6.07) is 4.19. The second kappa shape index (κ2) is 7.87. The van der Waals surface area contributed by atoms with Crippen LogP contribution in [0.5, 0.6) is 0 Å². The Bertz CT molecular complexity index is 1080. The number of aromatic nitrogens is 3. The van der Waals surface area contributed by atoms with Crippen molar-refractivity contribution in [1.29, 1.82) is 0 Å². The summed E-state index contributed by atoms with van der Waals surface area (Å²) < 4.78 is 2.10. The predicted octanol–water partition coefficient (Wildman–Crippen LogP) is 3.24. The van der Waals surface area contributed by atoms with Crippen LogP contribution in [0.25, 0.3) is 20.8 Å². The van der Waals surface area contributed by atoms with Crippen LogP contribution in [0, 0.1) is 0 Å². The van der Waals surface area contributed by atoms with E-state index in [1.165, 1.54) is 16.0 Å². The second-order valence-electron chi connectivity index (χ2n) is 7.71. The van der Waals surface area contributed by atoms with E-state index in [1.54, 1.807) is 11.3 Å². The van der Waals surface area contributed by atoms with Gasteiger partial charge in [-0.25, -0.2) is 9.67 Å². The van der Waals surface area contributed by atoms with Gasteiger partial charge in [-0.2, -0.15) is 5.10 Å². The highest BCUT2D eigenvalue weighted by atomic mass is 32.1. The van der Waals surface area contributed by atoms with E-state index in [4.69, 9.17) is 0 Å². The van der Waals surface area contributed by atoms with Crippen molar-refractivity contribution in [2.24, 2.45) is 0 Å². The quantitative estimate of drug-likeness (QED) is 0.673. The van der Waals surface area contributed by atoms with Gasteiger partial charge in [0.25, 0.3) is 5.56 Å². The van der Waals surface area contributed by atoms with E-state index in [2.05, 4.69) is 20.3 Å². The highest BCUT2D eigenvalue weighted by Gasteiger charge is 2.23. The smallest absolute Gasteiger partial charge is 0.294 e. The van der Waals surface area contributed by atoms with E-state index in [-0.39, 0.29) is 24.1 Å². The summed E-state index contributed by atoms with van der Waals surface area (Å²) in [7, 11) is 0. The zero-order valence-corrected chi connectivity index (χ0v) is 17.7. The molecule has 1 N–H and O–H groups in total. The fraction of sp³-hybridized carbons (Fsp3) is 0.500. The number of carbonyl (C=O) groups excluding carboxylic acids is 1. The third-order valence-electron chi connectivity index (χ3n) is 5.63. The highest BCUT2D eigenvalue weighted by Crippen LogP contribution is 2.36. The molecule has 29 heavy (non-hydrogen) atoms. The first-order chi connectivity index (χ1) is 14.2. The van der Waals surface area contributed by atoms with E-state index in [0.717, 1.165) is 72.0 Å². The van der Waals surface area contributed by atoms with Gasteiger partial charge in [-0.1, -0.05) is 30.2 Å². The summed E-state index contributed by atoms with van der Waals surface area (Å²) >= 11 is 3.11. The first kappa shape index (κ1) is 18.7. The minimum Gasteiger partial charge on any atom is -0.352 e. The van der Waals surface area contributed by atoms with E-state index in [1.807, 2.05) is 17.5 Å². The van der Waals surface area contributed by atoms with Gasteiger partial charge in [0, 0.05) is 19.1 Å². The SMILES string of the molecule is O=C(Cn1nc(-c2cccs2)c2sc(N3CCCC3)nc2c1=O)NC1CCCC1. The molecule has 9 heteroatoms. The maximum absolute atomic E-state index is 13.1. The Balaban J connectivity index is 1.54. The van der Waals surface area contributed by atoms with Gasteiger partial charge in [-0.15, -0.1) is 11.3 Å². The molecule has 0 radical (unpaired) electrons. The molecule has 0 spiro atoms. The molecule has 1 saturated carbocycles. The Kier molecular flexibility index (Phi) is 5.09. The first-order valence-electron chi connectivity index (χ1n) is 10.2. The van der Waals surface area contributed by atoms with Crippen LogP contribution >= 0.6 is 22.7 Å². The molecule has 5 rings (SSSR count). The van der Waals surface area contributed by atoms with Gasteiger partial charge in [0.05, 0.1) is 9.58 Å². The molecule has 3 aromatic rings. The number of fused-ring (bicyclic) bond motifs is 1. The van der Waals surface area contributed by atoms with Gasteiger partial charge < -0.3 is 10.2 Å². The number of thiazole rings is 1. The zero-order chi connectivity index (χ0) is 19.8. The van der Waals surface area contributed by atoms with Crippen molar-refractivity contribution >= 4 is 43.9 Å². The second-order valence-corrected chi connectivity index (χ2v) is 9.63. The fourth-order valence-corrected chi connectivity index (χ4v) is 6.04. The summed E-state index contributed by atoms with van der Waals surface area (Å²) in [5.74, 6) is -0.155. The summed E-state index contributed by atoms with van der Waals surface area (Å²) in [6.45, 7) is 1.87. The maximum Gasteiger partial charge on any atom is 0.294 e. The fourth-order valence-electron chi connectivity index (χ4n) is 4.15. The van der Waals surface area contributed by atoms with Crippen molar-refractivity contribution in [3.8, 4) is 10.6 Å². The average molecular weight is 430 g/mol. The summed E-state index contributed by atoms with van der Waals surface area (Å²) in [5.41, 5.74) is 0.874. The summed E-state index contributed by atoms with van der Waals surface area (Å²) in [6.07, 6.45) is 6.62. The molecule has 1 aliphatic carbocycles. The van der Waals surface area contributed by atoms with E-state index in [0.29, 0.717) is 5.52 Å². The molecule has 1 amide bonds. The van der Waals surface area contributed by atoms with E-state index in [9.17, 15) is 9.59 Å². The molecule has 1 aliphatic heterocycles. The third kappa shape index (κ3) is 3.69. The standard InChI is InChI=1S/C20H23N5O2S2/c26-15(21-13-6-1-2-7-13)12-25-19(27)17-18(16(23-25)14-8-5-11-28-14)29-20(22-17)24-9-3-4-10-24/h5,8,11,13H,1-4,6-7,9-10,12H2,(H,21,26).